The molecule has 0 spiro atoms. The molecule has 1 atom stereocenters. The van der Waals surface area contributed by atoms with Crippen molar-refractivity contribution in [2.24, 2.45) is 0 Å². The lowest BCUT2D eigenvalue weighted by molar-refractivity contribution is 0.0657. The molecule has 3 rings (SSSR count). The molecule has 1 saturated heterocycles. The molecule has 0 bridgehead atoms. The summed E-state index contributed by atoms with van der Waals surface area (Å²) in [5.41, 5.74) is 0.944. The molecule has 20 heavy (non-hydrogen) atoms. The number of hydrogen-bond donors (Lipinski definition) is 2. The van der Waals surface area contributed by atoms with Crippen LogP contribution in [0.15, 0.2) is 35.1 Å². The number of piperazine rings is 1. The van der Waals surface area contributed by atoms with Crippen LogP contribution in [0.2, 0.25) is 0 Å². The third-order valence-electron chi connectivity index (χ3n) is 3.74. The monoisotopic (exact) mass is 271 g/mol. The lowest BCUT2D eigenvalue weighted by Crippen LogP contribution is -2.52. The Kier molecular flexibility index (Phi) is 3.28. The molecule has 0 saturated carbocycles. The van der Waals surface area contributed by atoms with Crippen molar-refractivity contribution in [2.45, 2.75) is 13.0 Å². The van der Waals surface area contributed by atoms with Gasteiger partial charge in [0.2, 0.25) is 5.56 Å². The lowest BCUT2D eigenvalue weighted by atomic mass is 10.1. The van der Waals surface area contributed by atoms with Crippen molar-refractivity contribution >= 4 is 16.8 Å². The Morgan fingerprint density at radius 2 is 2.15 bits per heavy atom. The van der Waals surface area contributed by atoms with E-state index in [9.17, 15) is 9.59 Å². The van der Waals surface area contributed by atoms with E-state index in [0.717, 1.165) is 18.5 Å². The molecule has 1 fully saturated rings. The molecule has 0 aliphatic carbocycles. The molecule has 1 aromatic heterocycles. The number of hydrogen-bond acceptors (Lipinski definition) is 3. The highest BCUT2D eigenvalue weighted by Crippen LogP contribution is 2.18. The van der Waals surface area contributed by atoms with Crippen molar-refractivity contribution in [3.8, 4) is 0 Å². The van der Waals surface area contributed by atoms with E-state index in [1.807, 2.05) is 36.1 Å². The number of benzene rings is 1. The van der Waals surface area contributed by atoms with Crippen LogP contribution in [0.25, 0.3) is 10.9 Å². The summed E-state index contributed by atoms with van der Waals surface area (Å²) in [6.45, 7) is 4.25. The first kappa shape index (κ1) is 12.9. The number of pyridine rings is 1. The van der Waals surface area contributed by atoms with Crippen LogP contribution in [0.5, 0.6) is 0 Å². The zero-order valence-corrected chi connectivity index (χ0v) is 11.3. The van der Waals surface area contributed by atoms with Gasteiger partial charge in [-0.25, -0.2) is 0 Å². The molecule has 0 unspecified atom stereocenters. The highest BCUT2D eigenvalue weighted by molar-refractivity contribution is 6.06. The maximum atomic E-state index is 12.7. The topological polar surface area (TPSA) is 65.2 Å². The predicted molar refractivity (Wildman–Crippen MR) is 77.9 cm³/mol. The number of carbonyl (C=O) groups is 1. The smallest absolute Gasteiger partial charge is 0.255 e. The average Bonchev–Trinajstić information content (AvgIpc) is 2.46. The van der Waals surface area contributed by atoms with Gasteiger partial charge in [0, 0.05) is 42.6 Å². The number of H-pyrrole nitrogens is 1. The Morgan fingerprint density at radius 1 is 1.35 bits per heavy atom. The molecule has 1 aromatic carbocycles. The molecule has 5 heteroatoms. The number of para-hydroxylation sites is 1. The maximum Gasteiger partial charge on any atom is 0.255 e. The summed E-state index contributed by atoms with van der Waals surface area (Å²) in [6.07, 6.45) is 0. The SMILES string of the molecule is C[C@@H]1CNCCN1C(=O)c1cc(=O)[nH]c2ccccc12. The Hall–Kier alpha value is -2.14. The van der Waals surface area contributed by atoms with Gasteiger partial charge in [-0.2, -0.15) is 0 Å². The summed E-state index contributed by atoms with van der Waals surface area (Å²) in [5, 5.41) is 4.05. The van der Waals surface area contributed by atoms with Gasteiger partial charge in [-0.15, -0.1) is 0 Å². The summed E-state index contributed by atoms with van der Waals surface area (Å²) in [6, 6.07) is 8.94. The third-order valence-corrected chi connectivity index (χ3v) is 3.74. The summed E-state index contributed by atoms with van der Waals surface area (Å²) >= 11 is 0. The summed E-state index contributed by atoms with van der Waals surface area (Å²) in [4.78, 5) is 29.0. The zero-order chi connectivity index (χ0) is 14.1. The zero-order valence-electron chi connectivity index (χ0n) is 11.3. The second-order valence-corrected chi connectivity index (χ2v) is 5.14. The molecule has 2 heterocycles. The number of nitrogens with one attached hydrogen (secondary N) is 2. The van der Waals surface area contributed by atoms with E-state index < -0.39 is 0 Å². The minimum Gasteiger partial charge on any atom is -0.333 e. The molecule has 1 aliphatic heterocycles. The number of fused-ring (bicyclic) bond motifs is 1. The van der Waals surface area contributed by atoms with Gasteiger partial charge in [0.05, 0.1) is 5.56 Å². The van der Waals surface area contributed by atoms with E-state index in [1.54, 1.807) is 0 Å². The number of aromatic nitrogens is 1. The van der Waals surface area contributed by atoms with Crippen LogP contribution < -0.4 is 10.9 Å². The van der Waals surface area contributed by atoms with Gasteiger partial charge in [0.1, 0.15) is 0 Å². The van der Waals surface area contributed by atoms with Crippen molar-refractivity contribution in [3.63, 3.8) is 0 Å². The van der Waals surface area contributed by atoms with Crippen molar-refractivity contribution in [3.05, 3.63) is 46.2 Å². The Balaban J connectivity index is 2.09. The van der Waals surface area contributed by atoms with E-state index in [2.05, 4.69) is 10.3 Å². The first-order valence-corrected chi connectivity index (χ1v) is 6.80. The highest BCUT2D eigenvalue weighted by atomic mass is 16.2. The molecular formula is C15H17N3O2. The Labute approximate surface area is 116 Å². The van der Waals surface area contributed by atoms with Crippen LogP contribution in [0.4, 0.5) is 0 Å². The van der Waals surface area contributed by atoms with Gasteiger partial charge in [-0.05, 0) is 13.0 Å². The van der Waals surface area contributed by atoms with Gasteiger partial charge in [-0.3, -0.25) is 9.59 Å². The number of rotatable bonds is 1. The Bertz CT molecular complexity index is 708. The number of aromatic amines is 1. The van der Waals surface area contributed by atoms with Crippen LogP contribution in [-0.2, 0) is 0 Å². The molecule has 2 aromatic rings. The first-order valence-electron chi connectivity index (χ1n) is 6.80. The largest absolute Gasteiger partial charge is 0.333 e. The molecule has 1 amide bonds. The fourth-order valence-electron chi connectivity index (χ4n) is 2.68. The van der Waals surface area contributed by atoms with E-state index in [0.29, 0.717) is 17.6 Å². The molecule has 0 radical (unpaired) electrons. The van der Waals surface area contributed by atoms with Gasteiger partial charge >= 0.3 is 0 Å². The second kappa shape index (κ2) is 5.09. The predicted octanol–water partition coefficient (Wildman–Crippen LogP) is 0.962. The van der Waals surface area contributed by atoms with Crippen molar-refractivity contribution in [1.82, 2.24) is 15.2 Å². The fraction of sp³-hybridized carbons (Fsp3) is 0.333. The molecular weight excluding hydrogens is 254 g/mol. The van der Waals surface area contributed by atoms with E-state index in [-0.39, 0.29) is 17.5 Å². The molecule has 1 aliphatic rings. The fourth-order valence-corrected chi connectivity index (χ4v) is 2.68. The minimum atomic E-state index is -0.241. The van der Waals surface area contributed by atoms with Gasteiger partial charge in [-0.1, -0.05) is 18.2 Å². The number of amides is 1. The lowest BCUT2D eigenvalue weighted by Gasteiger charge is -2.34. The molecule has 104 valence electrons. The van der Waals surface area contributed by atoms with Crippen molar-refractivity contribution in [2.75, 3.05) is 19.6 Å². The number of nitrogens with zero attached hydrogens (tertiary/aromatic N) is 1. The van der Waals surface area contributed by atoms with Crippen molar-refractivity contribution < 1.29 is 4.79 Å². The molecule has 5 nitrogen and oxygen atoms in total. The van der Waals surface area contributed by atoms with E-state index in [1.165, 1.54) is 6.07 Å². The van der Waals surface area contributed by atoms with E-state index >= 15 is 0 Å². The van der Waals surface area contributed by atoms with Gasteiger partial charge in [0.15, 0.2) is 0 Å². The van der Waals surface area contributed by atoms with Crippen molar-refractivity contribution in [1.29, 1.82) is 0 Å². The standard InChI is InChI=1S/C15H17N3O2/c1-10-9-16-6-7-18(10)15(20)12-8-14(19)17-13-5-3-2-4-11(12)13/h2-5,8,10,16H,6-7,9H2,1H3,(H,17,19)/t10-/m1/s1. The van der Waals surface area contributed by atoms with Crippen LogP contribution in [0, 0.1) is 0 Å². The van der Waals surface area contributed by atoms with Crippen LogP contribution in [-0.4, -0.2) is 41.5 Å². The summed E-state index contributed by atoms with van der Waals surface area (Å²) < 4.78 is 0. The van der Waals surface area contributed by atoms with Gasteiger partial charge < -0.3 is 15.2 Å². The van der Waals surface area contributed by atoms with Crippen LogP contribution >= 0.6 is 0 Å². The first-order chi connectivity index (χ1) is 9.66. The van der Waals surface area contributed by atoms with Crippen LogP contribution in [0.1, 0.15) is 17.3 Å². The van der Waals surface area contributed by atoms with Crippen LogP contribution in [0.3, 0.4) is 0 Å². The second-order valence-electron chi connectivity index (χ2n) is 5.14. The average molecular weight is 271 g/mol. The van der Waals surface area contributed by atoms with Gasteiger partial charge in [0.25, 0.3) is 5.91 Å². The third kappa shape index (κ3) is 2.20. The Morgan fingerprint density at radius 3 is 2.95 bits per heavy atom. The normalized spacial score (nSPS) is 19.2. The summed E-state index contributed by atoms with van der Waals surface area (Å²) in [5.74, 6) is -0.0682. The highest BCUT2D eigenvalue weighted by Gasteiger charge is 2.25. The quantitative estimate of drug-likeness (QED) is 0.812. The van der Waals surface area contributed by atoms with E-state index in [4.69, 9.17) is 0 Å². The molecule has 2 N–H and O–H groups in total. The maximum absolute atomic E-state index is 12.7. The summed E-state index contributed by atoms with van der Waals surface area (Å²) in [7, 11) is 0. The number of carbonyl (C=O) groups excluding carboxylic acids is 1. The minimum absolute atomic E-state index is 0.0682.